The highest BCUT2D eigenvalue weighted by Gasteiger charge is 2.47. The second kappa shape index (κ2) is 6.62. The van der Waals surface area contributed by atoms with Crippen molar-refractivity contribution >= 4 is 0 Å². The van der Waals surface area contributed by atoms with Crippen molar-refractivity contribution in [1.29, 1.82) is 0 Å². The number of likely N-dealkylation sites (tertiary alicyclic amines) is 1. The monoisotopic (exact) mass is 390 g/mol. The average Bonchev–Trinajstić information content (AvgIpc) is 3.36. The Labute approximate surface area is 170 Å². The average molecular weight is 390 g/mol. The number of nitrogens with zero attached hydrogens (tertiary/aromatic N) is 6. The highest BCUT2D eigenvalue weighted by molar-refractivity contribution is 5.47. The number of aromatic nitrogens is 5. The van der Waals surface area contributed by atoms with Gasteiger partial charge < -0.3 is 4.57 Å². The molecular formula is C22H26N6O. The Hall–Kier alpha value is -2.80. The number of imidazole rings is 1. The highest BCUT2D eigenvalue weighted by Crippen LogP contribution is 2.41. The summed E-state index contributed by atoms with van der Waals surface area (Å²) in [4.78, 5) is 19.9. The maximum absolute atomic E-state index is 13.1. The van der Waals surface area contributed by atoms with Gasteiger partial charge in [-0.15, -0.1) is 10.2 Å². The van der Waals surface area contributed by atoms with Gasteiger partial charge in [0.2, 0.25) is 0 Å². The van der Waals surface area contributed by atoms with Crippen LogP contribution in [0.4, 0.5) is 0 Å². The van der Waals surface area contributed by atoms with Crippen molar-refractivity contribution in [2.45, 2.75) is 45.2 Å². The molecule has 0 bridgehead atoms. The first kappa shape index (κ1) is 18.2. The molecule has 0 saturated carbocycles. The first-order valence-corrected chi connectivity index (χ1v) is 10.2. The van der Waals surface area contributed by atoms with Gasteiger partial charge in [0.15, 0.2) is 11.5 Å². The Morgan fingerprint density at radius 1 is 1.07 bits per heavy atom. The number of hydrogen-bond acceptors (Lipinski definition) is 5. The van der Waals surface area contributed by atoms with E-state index in [0.717, 1.165) is 38.3 Å². The van der Waals surface area contributed by atoms with Crippen molar-refractivity contribution in [3.8, 4) is 11.5 Å². The molecule has 0 radical (unpaired) electrons. The zero-order chi connectivity index (χ0) is 20.2. The van der Waals surface area contributed by atoms with Crippen LogP contribution in [0.1, 0.15) is 35.4 Å². The zero-order valence-electron chi connectivity index (χ0n) is 17.2. The predicted octanol–water partition coefficient (Wildman–Crippen LogP) is 2.20. The Morgan fingerprint density at radius 3 is 2.55 bits per heavy atom. The van der Waals surface area contributed by atoms with Gasteiger partial charge in [0.05, 0.1) is 0 Å². The lowest BCUT2D eigenvalue weighted by molar-refractivity contribution is 0.299. The molecule has 1 aromatic carbocycles. The standard InChI is InChI=1S/C22H26N6O/c1-15-10-16(2)12-17(11-15)13-27-7-4-22(14-27)5-8-28-20(29)18(24-25-21(22)28)19-23-6-9-26(19)3/h6,9-12H,4-5,7-8,13-14H2,1-3H3/t22-/m1/s1. The summed E-state index contributed by atoms with van der Waals surface area (Å²) < 4.78 is 3.64. The van der Waals surface area contributed by atoms with Crippen LogP contribution in [0.15, 0.2) is 35.4 Å². The molecule has 1 fully saturated rings. The first-order valence-electron chi connectivity index (χ1n) is 10.2. The number of rotatable bonds is 3. The molecule has 2 aliphatic rings. The second-order valence-electron chi connectivity index (χ2n) is 8.68. The summed E-state index contributed by atoms with van der Waals surface area (Å²) >= 11 is 0. The van der Waals surface area contributed by atoms with Crippen molar-refractivity contribution in [3.05, 3.63) is 63.5 Å². The quantitative estimate of drug-likeness (QED) is 0.686. The van der Waals surface area contributed by atoms with E-state index >= 15 is 0 Å². The highest BCUT2D eigenvalue weighted by atomic mass is 16.1. The van der Waals surface area contributed by atoms with E-state index in [2.05, 4.69) is 52.1 Å². The summed E-state index contributed by atoms with van der Waals surface area (Å²) in [5, 5.41) is 8.87. The third kappa shape index (κ3) is 3.00. The molecule has 5 rings (SSSR count). The van der Waals surface area contributed by atoms with Crippen LogP contribution in [-0.4, -0.2) is 42.3 Å². The van der Waals surface area contributed by atoms with Crippen molar-refractivity contribution < 1.29 is 0 Å². The van der Waals surface area contributed by atoms with Crippen molar-refractivity contribution in [1.82, 2.24) is 29.2 Å². The molecule has 1 saturated heterocycles. The van der Waals surface area contributed by atoms with E-state index in [-0.39, 0.29) is 11.0 Å². The summed E-state index contributed by atoms with van der Waals surface area (Å²) in [5.41, 5.74) is 4.16. The smallest absolute Gasteiger partial charge is 0.283 e. The fourth-order valence-electron chi connectivity index (χ4n) is 5.09. The summed E-state index contributed by atoms with van der Waals surface area (Å²) in [6.07, 6.45) is 5.47. The SMILES string of the molecule is Cc1cc(C)cc(CN2CC[C@@]3(CCn4c3nnc(-c3nccn3C)c4=O)C2)c1. The van der Waals surface area contributed by atoms with Crippen LogP contribution in [0.5, 0.6) is 0 Å². The predicted molar refractivity (Wildman–Crippen MR) is 111 cm³/mol. The minimum atomic E-state index is -0.0751. The van der Waals surface area contributed by atoms with E-state index in [9.17, 15) is 4.79 Å². The lowest BCUT2D eigenvalue weighted by Crippen LogP contribution is -2.33. The van der Waals surface area contributed by atoms with Gasteiger partial charge in [0.25, 0.3) is 5.56 Å². The van der Waals surface area contributed by atoms with Crippen LogP contribution >= 0.6 is 0 Å². The fraction of sp³-hybridized carbons (Fsp3) is 0.455. The van der Waals surface area contributed by atoms with Crippen LogP contribution in [0.2, 0.25) is 0 Å². The second-order valence-corrected chi connectivity index (χ2v) is 8.68. The zero-order valence-corrected chi connectivity index (χ0v) is 17.2. The van der Waals surface area contributed by atoms with Gasteiger partial charge >= 0.3 is 0 Å². The van der Waals surface area contributed by atoms with Crippen molar-refractivity contribution in [3.63, 3.8) is 0 Å². The lowest BCUT2D eigenvalue weighted by atomic mass is 9.85. The molecule has 150 valence electrons. The summed E-state index contributed by atoms with van der Waals surface area (Å²) in [6.45, 7) is 7.89. The molecule has 0 aliphatic carbocycles. The van der Waals surface area contributed by atoms with Crippen LogP contribution in [0, 0.1) is 13.8 Å². The van der Waals surface area contributed by atoms with E-state index in [1.165, 1.54) is 16.7 Å². The number of hydrogen-bond donors (Lipinski definition) is 0. The van der Waals surface area contributed by atoms with Crippen LogP contribution in [-0.2, 0) is 25.6 Å². The molecule has 2 aliphatic heterocycles. The molecule has 4 heterocycles. The Morgan fingerprint density at radius 2 is 1.83 bits per heavy atom. The summed E-state index contributed by atoms with van der Waals surface area (Å²) in [7, 11) is 1.87. The third-order valence-corrected chi connectivity index (χ3v) is 6.39. The molecule has 7 heteroatoms. The number of fused-ring (bicyclic) bond motifs is 2. The van der Waals surface area contributed by atoms with Crippen LogP contribution in [0.25, 0.3) is 11.5 Å². The molecule has 29 heavy (non-hydrogen) atoms. The molecule has 1 atom stereocenters. The van der Waals surface area contributed by atoms with Gasteiger partial charge in [0, 0.05) is 44.5 Å². The molecule has 1 spiro atoms. The molecule has 0 N–H and O–H groups in total. The van der Waals surface area contributed by atoms with Gasteiger partial charge in [-0.05, 0) is 38.8 Å². The van der Waals surface area contributed by atoms with Crippen molar-refractivity contribution in [2.75, 3.05) is 13.1 Å². The molecular weight excluding hydrogens is 364 g/mol. The minimum absolute atomic E-state index is 0.0643. The Balaban J connectivity index is 1.42. The van der Waals surface area contributed by atoms with E-state index in [1.807, 2.05) is 22.4 Å². The van der Waals surface area contributed by atoms with E-state index in [4.69, 9.17) is 0 Å². The Bertz CT molecular complexity index is 1130. The summed E-state index contributed by atoms with van der Waals surface area (Å²) in [6, 6.07) is 6.75. The number of aryl methyl sites for hydroxylation is 3. The fourth-order valence-corrected chi connectivity index (χ4v) is 5.09. The van der Waals surface area contributed by atoms with E-state index in [1.54, 1.807) is 6.20 Å². The van der Waals surface area contributed by atoms with Gasteiger partial charge in [-0.1, -0.05) is 29.3 Å². The van der Waals surface area contributed by atoms with Gasteiger partial charge in [-0.2, -0.15) is 0 Å². The lowest BCUT2D eigenvalue weighted by Gasteiger charge is -2.23. The van der Waals surface area contributed by atoms with Gasteiger partial charge in [-0.25, -0.2) is 4.98 Å². The normalized spacial score (nSPS) is 21.2. The van der Waals surface area contributed by atoms with Gasteiger partial charge in [-0.3, -0.25) is 14.3 Å². The maximum atomic E-state index is 13.1. The number of benzene rings is 1. The molecule has 0 amide bonds. The largest absolute Gasteiger partial charge is 0.333 e. The molecule has 3 aromatic rings. The van der Waals surface area contributed by atoms with Gasteiger partial charge in [0.1, 0.15) is 5.82 Å². The third-order valence-electron chi connectivity index (χ3n) is 6.39. The maximum Gasteiger partial charge on any atom is 0.283 e. The van der Waals surface area contributed by atoms with E-state index in [0.29, 0.717) is 18.1 Å². The minimum Gasteiger partial charge on any atom is -0.333 e. The van der Waals surface area contributed by atoms with Crippen LogP contribution in [0.3, 0.4) is 0 Å². The Kier molecular flexibility index (Phi) is 4.17. The molecule has 7 nitrogen and oxygen atoms in total. The van der Waals surface area contributed by atoms with E-state index < -0.39 is 0 Å². The molecule has 2 aromatic heterocycles. The van der Waals surface area contributed by atoms with Crippen molar-refractivity contribution in [2.24, 2.45) is 7.05 Å². The topological polar surface area (TPSA) is 68.8 Å². The molecule has 0 unspecified atom stereocenters. The summed E-state index contributed by atoms with van der Waals surface area (Å²) in [5.74, 6) is 1.42. The van der Waals surface area contributed by atoms with Crippen LogP contribution < -0.4 is 5.56 Å². The first-order chi connectivity index (χ1) is 13.9.